The highest BCUT2D eigenvalue weighted by molar-refractivity contribution is 5.70. The van der Waals surface area contributed by atoms with Crippen LogP contribution in [0.15, 0.2) is 0 Å². The van der Waals surface area contributed by atoms with E-state index in [9.17, 15) is 30.0 Å². The lowest BCUT2D eigenvalue weighted by Crippen LogP contribution is -2.39. The van der Waals surface area contributed by atoms with Gasteiger partial charge < -0.3 is 39.4 Å². The van der Waals surface area contributed by atoms with Crippen LogP contribution in [0.4, 0.5) is 0 Å². The SMILES string of the molecule is CCCCCCCCCCC(O)CC(CCCCCC(=O)O[C@H]1COC2C1OC[C@H]2OC(=O)CCCN(CC(O)CCCCCCCCCC)CC(O)CCCCCCCCCC)CC(O)CCCCCCCCCC. The van der Waals surface area contributed by atoms with Crippen molar-refractivity contribution >= 4 is 11.9 Å². The minimum absolute atomic E-state index is 0.194. The first kappa shape index (κ1) is 70.8. The topological polar surface area (TPSA) is 155 Å². The molecule has 0 aliphatic carbocycles. The summed E-state index contributed by atoms with van der Waals surface area (Å²) >= 11 is 0. The monoisotopic (exact) mass is 1080 g/mol. The molecule has 0 amide bonds. The van der Waals surface area contributed by atoms with E-state index in [2.05, 4.69) is 32.6 Å². The van der Waals surface area contributed by atoms with E-state index in [0.29, 0.717) is 38.9 Å². The Morgan fingerprint density at radius 1 is 0.395 bits per heavy atom. The second kappa shape index (κ2) is 49.5. The largest absolute Gasteiger partial charge is 0.457 e. The highest BCUT2D eigenvalue weighted by Crippen LogP contribution is 2.32. The maximum atomic E-state index is 13.2. The number of hydrogen-bond donors (Lipinski definition) is 4. The average Bonchev–Trinajstić information content (AvgIpc) is 3.99. The van der Waals surface area contributed by atoms with Crippen LogP contribution in [0.25, 0.3) is 0 Å². The summed E-state index contributed by atoms with van der Waals surface area (Å²) in [6, 6.07) is 0. The Balaban J connectivity index is 1.76. The van der Waals surface area contributed by atoms with Crippen molar-refractivity contribution in [1.29, 1.82) is 0 Å². The lowest BCUT2D eigenvalue weighted by Gasteiger charge is -2.27. The number of esters is 2. The zero-order chi connectivity index (χ0) is 55.1. The Bertz CT molecular complexity index is 1250. The molecule has 6 unspecified atom stereocenters. The molecule has 0 aromatic heterocycles. The molecule has 0 saturated carbocycles. The quantitative estimate of drug-likeness (QED) is 0.0340. The highest BCUT2D eigenvalue weighted by atomic mass is 16.7. The molecule has 2 aliphatic rings. The van der Waals surface area contributed by atoms with Crippen LogP contribution < -0.4 is 0 Å². The Morgan fingerprint density at radius 3 is 1.04 bits per heavy atom. The number of hydrogen-bond acceptors (Lipinski definition) is 11. The lowest BCUT2D eigenvalue weighted by atomic mass is 9.87. The van der Waals surface area contributed by atoms with Crippen LogP contribution >= 0.6 is 0 Å². The molecule has 11 nitrogen and oxygen atoms in total. The van der Waals surface area contributed by atoms with E-state index in [0.717, 1.165) is 96.3 Å². The maximum Gasteiger partial charge on any atom is 0.306 e. The van der Waals surface area contributed by atoms with Crippen LogP contribution in [-0.4, -0.2) is 119 Å². The lowest BCUT2D eigenvalue weighted by molar-refractivity contribution is -0.155. The van der Waals surface area contributed by atoms with Crippen molar-refractivity contribution in [3.05, 3.63) is 0 Å². The molecule has 2 heterocycles. The van der Waals surface area contributed by atoms with Crippen molar-refractivity contribution in [1.82, 2.24) is 4.90 Å². The minimum Gasteiger partial charge on any atom is -0.457 e. The van der Waals surface area contributed by atoms with Gasteiger partial charge in [-0.05, 0) is 63.8 Å². The number of unbranched alkanes of at least 4 members (excludes halogenated alkanes) is 30. The predicted molar refractivity (Wildman–Crippen MR) is 314 cm³/mol. The Labute approximate surface area is 468 Å². The summed E-state index contributed by atoms with van der Waals surface area (Å²) in [7, 11) is 0. The van der Waals surface area contributed by atoms with Gasteiger partial charge in [-0.15, -0.1) is 0 Å². The van der Waals surface area contributed by atoms with Crippen LogP contribution in [0.1, 0.15) is 317 Å². The first-order valence-electron chi connectivity index (χ1n) is 33.2. The normalized spacial score (nSPS) is 19.5. The Morgan fingerprint density at radius 2 is 0.684 bits per heavy atom. The van der Waals surface area contributed by atoms with Crippen molar-refractivity contribution in [2.45, 2.75) is 365 Å². The molecule has 11 heteroatoms. The van der Waals surface area contributed by atoms with Crippen LogP contribution in [0.5, 0.6) is 0 Å². The van der Waals surface area contributed by atoms with Crippen molar-refractivity contribution in [2.24, 2.45) is 5.92 Å². The standard InChI is InChI=1S/C65H125NO10/c1-5-9-13-17-21-25-29-35-42-56(67)49-55(50-57(68)43-36-30-26-22-18-14-10-6-2)41-34-33-39-46-62(71)75-60-53-73-65-61(54-74-64(60)65)76-63(72)47-40-48-66(51-58(69)44-37-31-27-23-19-15-11-7-3)52-59(70)45-38-32-28-24-20-16-12-8-4/h55-61,64-65,67-70H,5-54H2,1-4H3/t55?,56?,57?,58?,59?,60-,61+,64?,65?/m0/s1. The van der Waals surface area contributed by atoms with Gasteiger partial charge in [0.05, 0.1) is 37.6 Å². The van der Waals surface area contributed by atoms with Gasteiger partial charge in [0.1, 0.15) is 12.2 Å². The van der Waals surface area contributed by atoms with Crippen molar-refractivity contribution in [2.75, 3.05) is 32.8 Å². The Hall–Kier alpha value is -1.34. The van der Waals surface area contributed by atoms with Gasteiger partial charge in [0.15, 0.2) is 12.2 Å². The second-order valence-corrected chi connectivity index (χ2v) is 24.1. The van der Waals surface area contributed by atoms with Crippen molar-refractivity contribution < 1.29 is 49.0 Å². The molecule has 2 rings (SSSR count). The summed E-state index contributed by atoms with van der Waals surface area (Å²) in [6.45, 7) is 11.0. The first-order valence-corrected chi connectivity index (χ1v) is 33.2. The van der Waals surface area contributed by atoms with Gasteiger partial charge in [0, 0.05) is 25.9 Å². The summed E-state index contributed by atoms with van der Waals surface area (Å²) < 4.78 is 23.9. The van der Waals surface area contributed by atoms with Gasteiger partial charge in [-0.1, -0.05) is 252 Å². The summed E-state index contributed by atoms with van der Waals surface area (Å²) in [5.41, 5.74) is 0. The van der Waals surface area contributed by atoms with Gasteiger partial charge in [0.25, 0.3) is 0 Å². The molecule has 0 bridgehead atoms. The third-order valence-electron chi connectivity index (χ3n) is 16.6. The predicted octanol–water partition coefficient (Wildman–Crippen LogP) is 15.6. The molecular weight excluding hydrogens is 955 g/mol. The summed E-state index contributed by atoms with van der Waals surface area (Å²) in [6.07, 6.45) is 45.2. The second-order valence-electron chi connectivity index (χ2n) is 24.1. The van der Waals surface area contributed by atoms with Gasteiger partial charge >= 0.3 is 11.9 Å². The first-order chi connectivity index (χ1) is 37.1. The van der Waals surface area contributed by atoms with Gasteiger partial charge in [-0.25, -0.2) is 0 Å². The van der Waals surface area contributed by atoms with Crippen LogP contribution in [0, 0.1) is 5.92 Å². The molecule has 0 spiro atoms. The number of aliphatic hydroxyl groups is 4. The number of carbonyl (C=O) groups is 2. The van der Waals surface area contributed by atoms with E-state index < -0.39 is 36.6 Å². The summed E-state index contributed by atoms with van der Waals surface area (Å²) in [4.78, 5) is 28.4. The fraction of sp³-hybridized carbons (Fsp3) is 0.969. The van der Waals surface area contributed by atoms with Gasteiger partial charge in [-0.3, -0.25) is 14.5 Å². The molecule has 76 heavy (non-hydrogen) atoms. The molecule has 4 N–H and O–H groups in total. The number of fused-ring (bicyclic) bond motifs is 1. The smallest absolute Gasteiger partial charge is 0.306 e. The van der Waals surface area contributed by atoms with Gasteiger partial charge in [0.2, 0.25) is 0 Å². The van der Waals surface area contributed by atoms with Crippen LogP contribution in [0.2, 0.25) is 0 Å². The molecule has 2 fully saturated rings. The highest BCUT2D eigenvalue weighted by Gasteiger charge is 2.51. The van der Waals surface area contributed by atoms with E-state index in [1.54, 1.807) is 0 Å². The number of rotatable bonds is 56. The average molecular weight is 1080 g/mol. The number of ether oxygens (including phenoxy) is 4. The van der Waals surface area contributed by atoms with Crippen LogP contribution in [0.3, 0.4) is 0 Å². The van der Waals surface area contributed by atoms with E-state index in [1.807, 2.05) is 0 Å². The number of nitrogens with zero attached hydrogens (tertiary/aromatic N) is 1. The summed E-state index contributed by atoms with van der Waals surface area (Å²) in [5.74, 6) is -0.326. The molecule has 2 saturated heterocycles. The number of carbonyl (C=O) groups excluding carboxylic acids is 2. The maximum absolute atomic E-state index is 13.2. The van der Waals surface area contributed by atoms with Gasteiger partial charge in [-0.2, -0.15) is 0 Å². The van der Waals surface area contributed by atoms with Crippen molar-refractivity contribution in [3.8, 4) is 0 Å². The third kappa shape index (κ3) is 38.3. The minimum atomic E-state index is -0.565. The zero-order valence-corrected chi connectivity index (χ0v) is 50.2. The third-order valence-corrected chi connectivity index (χ3v) is 16.6. The molecule has 0 radical (unpaired) electrons. The molecule has 2 aliphatic heterocycles. The van der Waals surface area contributed by atoms with E-state index in [4.69, 9.17) is 18.9 Å². The molecule has 0 aromatic carbocycles. The summed E-state index contributed by atoms with van der Waals surface area (Å²) in [5, 5.41) is 44.2. The van der Waals surface area contributed by atoms with Crippen LogP contribution in [-0.2, 0) is 28.5 Å². The molecule has 8 atom stereocenters. The number of aliphatic hydroxyl groups excluding tert-OH is 4. The van der Waals surface area contributed by atoms with E-state index >= 15 is 0 Å². The van der Waals surface area contributed by atoms with E-state index in [1.165, 1.54) is 167 Å². The molecule has 0 aromatic rings. The Kier molecular flexibility index (Phi) is 46.1. The molecule has 450 valence electrons. The molecular formula is C65H125NO10. The fourth-order valence-electron chi connectivity index (χ4n) is 11.8. The fourth-order valence-corrected chi connectivity index (χ4v) is 11.8. The van der Waals surface area contributed by atoms with Crippen molar-refractivity contribution in [3.63, 3.8) is 0 Å². The van der Waals surface area contributed by atoms with E-state index in [-0.39, 0.29) is 49.7 Å². The zero-order valence-electron chi connectivity index (χ0n) is 50.2.